The SMILES string of the molecule is CC(C)(C)OC(=O)[C@@H]1CCCN1C(=O)c1ccnnc1. The van der Waals surface area contributed by atoms with E-state index in [1.165, 1.54) is 12.4 Å². The predicted molar refractivity (Wildman–Crippen MR) is 71.9 cm³/mol. The predicted octanol–water partition coefficient (Wildman–Crippen LogP) is 1.42. The lowest BCUT2D eigenvalue weighted by Gasteiger charge is -2.27. The molecule has 6 nitrogen and oxygen atoms in total. The van der Waals surface area contributed by atoms with Gasteiger partial charge in [0, 0.05) is 6.54 Å². The summed E-state index contributed by atoms with van der Waals surface area (Å²) in [6, 6.07) is 1.09. The minimum Gasteiger partial charge on any atom is -0.458 e. The number of hydrogen-bond donors (Lipinski definition) is 0. The highest BCUT2D eigenvalue weighted by molar-refractivity contribution is 5.96. The molecule has 1 fully saturated rings. The summed E-state index contributed by atoms with van der Waals surface area (Å²) < 4.78 is 5.38. The third-order valence-electron chi connectivity index (χ3n) is 3.02. The van der Waals surface area contributed by atoms with E-state index in [1.807, 2.05) is 20.8 Å². The van der Waals surface area contributed by atoms with Crippen molar-refractivity contribution in [2.24, 2.45) is 0 Å². The lowest BCUT2D eigenvalue weighted by atomic mass is 10.1. The standard InChI is InChI=1S/C14H19N3O3/c1-14(2,3)20-13(19)11-5-4-8-17(11)12(18)10-6-7-15-16-9-10/h6-7,9,11H,4-5,8H2,1-3H3/t11-/m0/s1. The number of carbonyl (C=O) groups is 2. The molecule has 1 saturated heterocycles. The first-order valence-corrected chi connectivity index (χ1v) is 6.69. The van der Waals surface area contributed by atoms with Gasteiger partial charge in [-0.25, -0.2) is 4.79 Å². The van der Waals surface area contributed by atoms with Crippen LogP contribution in [-0.4, -0.2) is 45.2 Å². The Labute approximate surface area is 118 Å². The fraction of sp³-hybridized carbons (Fsp3) is 0.571. The largest absolute Gasteiger partial charge is 0.458 e. The second kappa shape index (κ2) is 5.56. The summed E-state index contributed by atoms with van der Waals surface area (Å²) in [5, 5.41) is 7.34. The van der Waals surface area contributed by atoms with Crippen LogP contribution in [0.2, 0.25) is 0 Å². The Balaban J connectivity index is 2.11. The molecular formula is C14H19N3O3. The van der Waals surface area contributed by atoms with E-state index in [-0.39, 0.29) is 11.9 Å². The van der Waals surface area contributed by atoms with Crippen LogP contribution in [0.25, 0.3) is 0 Å². The van der Waals surface area contributed by atoms with Gasteiger partial charge in [-0.1, -0.05) is 0 Å². The quantitative estimate of drug-likeness (QED) is 0.764. The van der Waals surface area contributed by atoms with E-state index in [0.717, 1.165) is 6.42 Å². The van der Waals surface area contributed by atoms with E-state index in [0.29, 0.717) is 18.5 Å². The van der Waals surface area contributed by atoms with Crippen LogP contribution in [0.1, 0.15) is 44.0 Å². The van der Waals surface area contributed by atoms with Gasteiger partial charge in [-0.2, -0.15) is 10.2 Å². The fourth-order valence-corrected chi connectivity index (χ4v) is 2.21. The van der Waals surface area contributed by atoms with Crippen LogP contribution in [0.4, 0.5) is 0 Å². The number of likely N-dealkylation sites (tertiary alicyclic amines) is 1. The molecule has 1 aliphatic heterocycles. The molecular weight excluding hydrogens is 258 g/mol. The van der Waals surface area contributed by atoms with Gasteiger partial charge in [0.1, 0.15) is 11.6 Å². The van der Waals surface area contributed by atoms with Crippen molar-refractivity contribution in [1.29, 1.82) is 0 Å². The number of esters is 1. The van der Waals surface area contributed by atoms with E-state index in [4.69, 9.17) is 4.74 Å². The van der Waals surface area contributed by atoms with Crippen LogP contribution in [0, 0.1) is 0 Å². The molecule has 0 aliphatic carbocycles. The first-order valence-electron chi connectivity index (χ1n) is 6.69. The summed E-state index contributed by atoms with van der Waals surface area (Å²) in [7, 11) is 0. The zero-order valence-corrected chi connectivity index (χ0v) is 12.0. The molecule has 0 N–H and O–H groups in total. The van der Waals surface area contributed by atoms with Crippen molar-refractivity contribution in [3.05, 3.63) is 24.0 Å². The molecule has 20 heavy (non-hydrogen) atoms. The van der Waals surface area contributed by atoms with Gasteiger partial charge in [0.15, 0.2) is 0 Å². The molecule has 1 atom stereocenters. The highest BCUT2D eigenvalue weighted by Crippen LogP contribution is 2.22. The highest BCUT2D eigenvalue weighted by atomic mass is 16.6. The topological polar surface area (TPSA) is 72.4 Å². The van der Waals surface area contributed by atoms with Crippen molar-refractivity contribution in [1.82, 2.24) is 15.1 Å². The fourth-order valence-electron chi connectivity index (χ4n) is 2.21. The van der Waals surface area contributed by atoms with E-state index in [9.17, 15) is 9.59 Å². The van der Waals surface area contributed by atoms with Gasteiger partial charge in [0.2, 0.25) is 0 Å². The number of carbonyl (C=O) groups excluding carboxylic acids is 2. The molecule has 1 aromatic heterocycles. The first-order chi connectivity index (χ1) is 9.38. The van der Waals surface area contributed by atoms with Gasteiger partial charge in [0.05, 0.1) is 18.0 Å². The average Bonchev–Trinajstić information content (AvgIpc) is 2.86. The summed E-state index contributed by atoms with van der Waals surface area (Å²) in [5.74, 6) is -0.543. The average molecular weight is 277 g/mol. The van der Waals surface area contributed by atoms with Crippen LogP contribution in [-0.2, 0) is 9.53 Å². The van der Waals surface area contributed by atoms with Crippen molar-refractivity contribution < 1.29 is 14.3 Å². The molecule has 0 aromatic carbocycles. The van der Waals surface area contributed by atoms with Gasteiger partial charge in [-0.15, -0.1) is 0 Å². The summed E-state index contributed by atoms with van der Waals surface area (Å²) >= 11 is 0. The van der Waals surface area contributed by atoms with Gasteiger partial charge in [0.25, 0.3) is 5.91 Å². The third kappa shape index (κ3) is 3.31. The highest BCUT2D eigenvalue weighted by Gasteiger charge is 2.37. The summed E-state index contributed by atoms with van der Waals surface area (Å²) in [6.07, 6.45) is 4.31. The Morgan fingerprint density at radius 2 is 2.10 bits per heavy atom. The van der Waals surface area contributed by atoms with Crippen molar-refractivity contribution in [2.75, 3.05) is 6.54 Å². The maximum atomic E-state index is 12.4. The maximum Gasteiger partial charge on any atom is 0.329 e. The van der Waals surface area contributed by atoms with E-state index >= 15 is 0 Å². The molecule has 2 rings (SSSR count). The molecule has 0 unspecified atom stereocenters. The van der Waals surface area contributed by atoms with Crippen LogP contribution >= 0.6 is 0 Å². The number of nitrogens with zero attached hydrogens (tertiary/aromatic N) is 3. The Bertz CT molecular complexity index is 496. The monoisotopic (exact) mass is 277 g/mol. The Kier molecular flexibility index (Phi) is 4.01. The first kappa shape index (κ1) is 14.4. The van der Waals surface area contributed by atoms with Crippen LogP contribution in [0.5, 0.6) is 0 Å². The number of amides is 1. The molecule has 1 aliphatic rings. The van der Waals surface area contributed by atoms with Crippen molar-refractivity contribution in [2.45, 2.75) is 45.3 Å². The van der Waals surface area contributed by atoms with Crippen LogP contribution in [0.15, 0.2) is 18.5 Å². The van der Waals surface area contributed by atoms with Crippen molar-refractivity contribution >= 4 is 11.9 Å². The van der Waals surface area contributed by atoms with E-state index < -0.39 is 11.6 Å². The van der Waals surface area contributed by atoms with Crippen molar-refractivity contribution in [3.63, 3.8) is 0 Å². The summed E-state index contributed by atoms with van der Waals surface area (Å²) in [4.78, 5) is 26.1. The van der Waals surface area contributed by atoms with E-state index in [1.54, 1.807) is 11.0 Å². The zero-order chi connectivity index (χ0) is 14.8. The van der Waals surface area contributed by atoms with Gasteiger partial charge >= 0.3 is 5.97 Å². The molecule has 0 bridgehead atoms. The summed E-state index contributed by atoms with van der Waals surface area (Å²) in [6.45, 7) is 6.02. The minimum absolute atomic E-state index is 0.201. The van der Waals surface area contributed by atoms with Crippen LogP contribution in [0.3, 0.4) is 0 Å². The smallest absolute Gasteiger partial charge is 0.329 e. The Morgan fingerprint density at radius 1 is 1.35 bits per heavy atom. The molecule has 0 saturated carbocycles. The van der Waals surface area contributed by atoms with Crippen molar-refractivity contribution in [3.8, 4) is 0 Å². The molecule has 0 radical (unpaired) electrons. The van der Waals surface area contributed by atoms with Crippen LogP contribution < -0.4 is 0 Å². The second-order valence-electron chi connectivity index (χ2n) is 5.82. The number of aromatic nitrogens is 2. The third-order valence-corrected chi connectivity index (χ3v) is 3.02. The normalized spacial score (nSPS) is 18.9. The zero-order valence-electron chi connectivity index (χ0n) is 12.0. The van der Waals surface area contributed by atoms with Gasteiger partial charge in [-0.05, 0) is 39.7 Å². The maximum absolute atomic E-state index is 12.4. The molecule has 0 spiro atoms. The summed E-state index contributed by atoms with van der Waals surface area (Å²) in [5.41, 5.74) is -0.109. The number of rotatable bonds is 2. The molecule has 1 aromatic rings. The second-order valence-corrected chi connectivity index (χ2v) is 5.82. The lowest BCUT2D eigenvalue weighted by molar-refractivity contribution is -0.159. The minimum atomic E-state index is -0.549. The molecule has 6 heteroatoms. The molecule has 2 heterocycles. The lowest BCUT2D eigenvalue weighted by Crippen LogP contribution is -2.43. The van der Waals surface area contributed by atoms with Gasteiger partial charge in [-0.3, -0.25) is 4.79 Å². The molecule has 1 amide bonds. The Hall–Kier alpha value is -1.98. The van der Waals surface area contributed by atoms with Gasteiger partial charge < -0.3 is 9.64 Å². The number of ether oxygens (including phenoxy) is 1. The van der Waals surface area contributed by atoms with E-state index in [2.05, 4.69) is 10.2 Å². The Morgan fingerprint density at radius 3 is 2.70 bits per heavy atom. The molecule has 108 valence electrons. The number of hydrogen-bond acceptors (Lipinski definition) is 5.